The third kappa shape index (κ3) is 26.2. The molecule has 0 unspecified atom stereocenters. The molecule has 0 bridgehead atoms. The van der Waals surface area contributed by atoms with Gasteiger partial charge in [0.05, 0.1) is 0 Å². The molecule has 0 atom stereocenters. The topological polar surface area (TPSA) is 158 Å². The first-order chi connectivity index (χ1) is 50.2. The van der Waals surface area contributed by atoms with E-state index in [1.165, 1.54) is 41.5 Å². The van der Waals surface area contributed by atoms with E-state index in [2.05, 4.69) is 205 Å². The molecule has 6 fully saturated rings. The summed E-state index contributed by atoms with van der Waals surface area (Å²) in [5, 5.41) is 0. The Kier molecular flexibility index (Phi) is 33.5. The van der Waals surface area contributed by atoms with Gasteiger partial charge in [-0.2, -0.15) is 0 Å². The zero-order valence-corrected chi connectivity index (χ0v) is 68.0. The SMILES string of the molecule is C=C(C)C(=O)OC1(c2ccc(C(C)(C)C)cc2)CCCC1.C=C(C)C(=O)OC1(c2ccc(C(C)(C)C)cc2)CCCCC1.C=C(C)C(=O)OC1(c2ccc(C)cc2)CCCC1.C=C(C)C(=O)OC1(c2ccc(C)cc2)CCCCC1.C=CC1(OC(=O)C(=C)C)CCCC1.C=CC1(OC(=O)C(=C)C)CCCCC1. The molecule has 582 valence electrons. The normalized spacial score (nSPS) is 18.1. The first kappa shape index (κ1) is 89.2. The molecule has 0 saturated heterocycles. The molecule has 0 aromatic heterocycles. The van der Waals surface area contributed by atoms with Gasteiger partial charge < -0.3 is 28.4 Å². The molecule has 107 heavy (non-hydrogen) atoms. The number of carbonyl (C=O) groups is 6. The van der Waals surface area contributed by atoms with Crippen LogP contribution in [0.2, 0.25) is 0 Å². The molecule has 12 heteroatoms. The van der Waals surface area contributed by atoms with Gasteiger partial charge in [0.1, 0.15) is 33.6 Å². The Morgan fingerprint density at radius 2 is 0.449 bits per heavy atom. The van der Waals surface area contributed by atoms with Crippen molar-refractivity contribution < 1.29 is 57.2 Å². The Hall–Kier alpha value is -8.38. The second kappa shape index (κ2) is 40.2. The second-order valence-corrected chi connectivity index (χ2v) is 33.2. The highest BCUT2D eigenvalue weighted by Gasteiger charge is 2.43. The summed E-state index contributed by atoms with van der Waals surface area (Å²) in [4.78, 5) is 70.5. The molecular formula is C95H130O12. The molecule has 0 N–H and O–H groups in total. The molecule has 10 rings (SSSR count). The van der Waals surface area contributed by atoms with E-state index in [1.807, 2.05) is 0 Å². The maximum atomic E-state index is 12.1. The van der Waals surface area contributed by atoms with E-state index in [-0.39, 0.29) is 46.6 Å². The third-order valence-corrected chi connectivity index (χ3v) is 21.6. The van der Waals surface area contributed by atoms with Crippen LogP contribution >= 0.6 is 0 Å². The number of hydrogen-bond acceptors (Lipinski definition) is 12. The van der Waals surface area contributed by atoms with Crippen LogP contribution < -0.4 is 0 Å². The standard InChI is InChI=1S/C20H28O2.C19H26O2.C17H22O2.C16H20O2.C12H18O2.C11H16O2/c1-15(2)18(21)22-20(13-7-6-8-14-20)17-11-9-16(10-12-17)19(3,4)5;1-14(2)17(20)21-19(12-6-7-13-19)16-10-8-15(9-11-16)18(3,4)5;1-13(2)16(18)19-17(11-5-4-6-12-17)15-9-7-14(3)8-10-15;1-12(2)15(17)18-16(10-4-5-11-16)14-8-6-13(3)7-9-14;1-4-12(8-6-5-7-9-12)14-11(13)10(2)3;1-4-11(7-5-6-8-11)13-10(12)9(2)3/h9-12H,1,6-8,13-14H2,2-5H3;8-11H,1,6-7,12-13H2,2-5H3;7-10H,1,4-6,11-12H2,2-3H3;6-9H,1,4-5,10-11H2,2-3H3;4H,1-2,5-9H2,3H3;4H,1-2,5-8H2,3H3. The van der Waals surface area contributed by atoms with Gasteiger partial charge >= 0.3 is 35.8 Å². The molecule has 6 aliphatic rings. The van der Waals surface area contributed by atoms with Crippen molar-refractivity contribution in [3.8, 4) is 0 Å². The molecule has 4 aromatic rings. The lowest BCUT2D eigenvalue weighted by molar-refractivity contribution is -0.161. The highest BCUT2D eigenvalue weighted by Crippen LogP contribution is 2.47. The predicted molar refractivity (Wildman–Crippen MR) is 435 cm³/mol. The zero-order chi connectivity index (χ0) is 79.6. The van der Waals surface area contributed by atoms with Crippen LogP contribution in [-0.2, 0) is 90.4 Å². The van der Waals surface area contributed by atoms with Crippen LogP contribution in [0.1, 0.15) is 301 Å². The Morgan fingerprint density at radius 3 is 0.636 bits per heavy atom. The van der Waals surface area contributed by atoms with Gasteiger partial charge in [-0.15, -0.1) is 0 Å². The van der Waals surface area contributed by atoms with Gasteiger partial charge in [0.15, 0.2) is 0 Å². The molecule has 0 spiro atoms. The molecule has 0 radical (unpaired) electrons. The number of benzene rings is 4. The van der Waals surface area contributed by atoms with Crippen LogP contribution in [0.3, 0.4) is 0 Å². The maximum Gasteiger partial charge on any atom is 0.333 e. The fraction of sp³-hybridized carbons (Fsp3) is 0.516. The Bertz CT molecular complexity index is 3710. The number of hydrogen-bond donors (Lipinski definition) is 0. The molecule has 4 aromatic carbocycles. The highest BCUT2D eigenvalue weighted by molar-refractivity contribution is 5.90. The summed E-state index contributed by atoms with van der Waals surface area (Å²) in [5.41, 5.74) is 9.93. The summed E-state index contributed by atoms with van der Waals surface area (Å²) in [5.74, 6) is -1.72. The van der Waals surface area contributed by atoms with Crippen LogP contribution in [0.25, 0.3) is 0 Å². The van der Waals surface area contributed by atoms with Crippen molar-refractivity contribution in [2.45, 2.75) is 315 Å². The van der Waals surface area contributed by atoms with E-state index in [1.54, 1.807) is 53.7 Å². The number of rotatable bonds is 18. The Labute approximate surface area is 644 Å². The van der Waals surface area contributed by atoms with Gasteiger partial charge in [-0.05, 0) is 266 Å². The monoisotopic (exact) mass is 1460 g/mol. The summed E-state index contributed by atoms with van der Waals surface area (Å²) >= 11 is 0. The van der Waals surface area contributed by atoms with Crippen LogP contribution in [0, 0.1) is 13.8 Å². The average Bonchev–Trinajstić information content (AvgIpc) is 1.38. The van der Waals surface area contributed by atoms with Crippen molar-refractivity contribution >= 4 is 35.8 Å². The van der Waals surface area contributed by atoms with Crippen molar-refractivity contribution in [2.24, 2.45) is 0 Å². The fourth-order valence-electron chi connectivity index (χ4n) is 14.6. The number of carbonyl (C=O) groups excluding carboxylic acids is 6. The summed E-state index contributed by atoms with van der Waals surface area (Å²) in [6, 6.07) is 33.8. The minimum absolute atomic E-state index is 0.132. The lowest BCUT2D eigenvalue weighted by atomic mass is 9.78. The first-order valence-electron chi connectivity index (χ1n) is 39.2. The van der Waals surface area contributed by atoms with E-state index in [0.717, 1.165) is 176 Å². The van der Waals surface area contributed by atoms with Crippen molar-refractivity contribution in [3.63, 3.8) is 0 Å². The van der Waals surface area contributed by atoms with Crippen LogP contribution in [0.5, 0.6) is 0 Å². The summed E-state index contributed by atoms with van der Waals surface area (Å²) in [7, 11) is 0. The largest absolute Gasteiger partial charge is 0.451 e. The number of esters is 6. The van der Waals surface area contributed by atoms with Crippen molar-refractivity contribution in [1.29, 1.82) is 0 Å². The molecule has 0 amide bonds. The van der Waals surface area contributed by atoms with Gasteiger partial charge in [-0.25, -0.2) is 28.8 Å². The minimum atomic E-state index is -0.468. The molecule has 12 nitrogen and oxygen atoms in total. The number of aryl methyl sites for hydroxylation is 2. The summed E-state index contributed by atoms with van der Waals surface area (Å²) in [6.07, 6.45) is 31.3. The van der Waals surface area contributed by atoms with E-state index < -0.39 is 33.6 Å². The first-order valence-corrected chi connectivity index (χ1v) is 39.2. The smallest absolute Gasteiger partial charge is 0.333 e. The van der Waals surface area contributed by atoms with Crippen LogP contribution in [-0.4, -0.2) is 47.0 Å². The molecule has 6 aliphatic carbocycles. The average molecular weight is 1460 g/mol. The molecular weight excluding hydrogens is 1330 g/mol. The van der Waals surface area contributed by atoms with Crippen molar-refractivity contribution in [2.75, 3.05) is 0 Å². The summed E-state index contributed by atoms with van der Waals surface area (Å²) in [6.45, 7) is 56.9. The van der Waals surface area contributed by atoms with Gasteiger partial charge in [0.25, 0.3) is 0 Å². The minimum Gasteiger partial charge on any atom is -0.451 e. The number of ether oxygens (including phenoxy) is 6. The van der Waals surface area contributed by atoms with Crippen LogP contribution in [0.15, 0.2) is 195 Å². The molecule has 6 saturated carbocycles. The van der Waals surface area contributed by atoms with Crippen molar-refractivity contribution in [1.82, 2.24) is 0 Å². The molecule has 0 aliphatic heterocycles. The molecule has 0 heterocycles. The van der Waals surface area contributed by atoms with Gasteiger partial charge in [-0.1, -0.05) is 222 Å². The van der Waals surface area contributed by atoms with E-state index in [9.17, 15) is 28.8 Å². The Morgan fingerprint density at radius 1 is 0.280 bits per heavy atom. The lowest BCUT2D eigenvalue weighted by Crippen LogP contribution is -2.35. The van der Waals surface area contributed by atoms with E-state index >= 15 is 0 Å². The van der Waals surface area contributed by atoms with E-state index in [0.29, 0.717) is 33.4 Å². The fourth-order valence-corrected chi connectivity index (χ4v) is 14.6. The quantitative estimate of drug-likeness (QED) is 0.0402. The lowest BCUT2D eigenvalue weighted by Gasteiger charge is -2.37. The van der Waals surface area contributed by atoms with Gasteiger partial charge in [-0.3, -0.25) is 0 Å². The van der Waals surface area contributed by atoms with Gasteiger partial charge in [0, 0.05) is 33.4 Å². The zero-order valence-electron chi connectivity index (χ0n) is 68.0. The van der Waals surface area contributed by atoms with Gasteiger partial charge in [0.2, 0.25) is 0 Å². The van der Waals surface area contributed by atoms with Crippen LogP contribution in [0.4, 0.5) is 0 Å². The Balaban J connectivity index is 0.000000232. The second-order valence-electron chi connectivity index (χ2n) is 33.2. The highest BCUT2D eigenvalue weighted by atomic mass is 16.6. The van der Waals surface area contributed by atoms with Crippen molar-refractivity contribution in [3.05, 3.63) is 240 Å². The van der Waals surface area contributed by atoms with E-state index in [4.69, 9.17) is 28.4 Å². The maximum absolute atomic E-state index is 12.1. The third-order valence-electron chi connectivity index (χ3n) is 21.6. The predicted octanol–water partition coefficient (Wildman–Crippen LogP) is 23.9. The summed E-state index contributed by atoms with van der Waals surface area (Å²) < 4.78 is 34.1.